The number of benzene rings is 2. The van der Waals surface area contributed by atoms with Crippen LogP contribution >= 0.6 is 35.0 Å². The number of imide groups is 1. The smallest absolute Gasteiger partial charge is 0.321 e. The van der Waals surface area contributed by atoms with E-state index < -0.39 is 6.03 Å². The first-order valence-corrected chi connectivity index (χ1v) is 10.8. The monoisotopic (exact) mass is 463 g/mol. The van der Waals surface area contributed by atoms with Crippen LogP contribution in [-0.4, -0.2) is 39.5 Å². The Hall–Kier alpha value is -2.55. The average Bonchev–Trinajstić information content (AvgIpc) is 3.14. The van der Waals surface area contributed by atoms with Gasteiger partial charge in [-0.25, -0.2) is 4.79 Å². The van der Waals surface area contributed by atoms with Crippen molar-refractivity contribution >= 4 is 46.9 Å². The molecular formula is C20H19Cl2N5O2S. The molecule has 7 nitrogen and oxygen atoms in total. The van der Waals surface area contributed by atoms with Crippen molar-refractivity contribution in [3.05, 3.63) is 58.1 Å². The van der Waals surface area contributed by atoms with Crippen LogP contribution in [0, 0.1) is 6.92 Å². The third-order valence-corrected chi connectivity index (χ3v) is 5.78. The van der Waals surface area contributed by atoms with Crippen molar-refractivity contribution < 1.29 is 9.59 Å². The third kappa shape index (κ3) is 5.33. The highest BCUT2D eigenvalue weighted by Gasteiger charge is 2.17. The Bertz CT molecular complexity index is 1070. The van der Waals surface area contributed by atoms with Gasteiger partial charge < -0.3 is 5.32 Å². The molecule has 0 aliphatic carbocycles. The van der Waals surface area contributed by atoms with Crippen molar-refractivity contribution in [3.63, 3.8) is 0 Å². The molecular weight excluding hydrogens is 445 g/mol. The highest BCUT2D eigenvalue weighted by Crippen LogP contribution is 2.30. The van der Waals surface area contributed by atoms with E-state index in [0.29, 0.717) is 26.8 Å². The van der Waals surface area contributed by atoms with Crippen molar-refractivity contribution in [1.82, 2.24) is 25.4 Å². The van der Waals surface area contributed by atoms with Crippen LogP contribution in [0.25, 0.3) is 17.1 Å². The first-order chi connectivity index (χ1) is 14.4. The number of rotatable bonds is 6. The molecule has 0 radical (unpaired) electrons. The highest BCUT2D eigenvalue weighted by atomic mass is 35.5. The van der Waals surface area contributed by atoms with Crippen LogP contribution in [-0.2, 0) is 4.79 Å². The highest BCUT2D eigenvalue weighted by molar-refractivity contribution is 7.99. The van der Waals surface area contributed by atoms with Crippen LogP contribution in [0.3, 0.4) is 0 Å². The lowest BCUT2D eigenvalue weighted by atomic mass is 10.2. The number of hydrogen-bond acceptors (Lipinski definition) is 5. The number of nitrogens with zero attached hydrogens (tertiary/aromatic N) is 3. The molecule has 0 atom stereocenters. The predicted octanol–water partition coefficient (Wildman–Crippen LogP) is 4.49. The Morgan fingerprint density at radius 3 is 2.50 bits per heavy atom. The van der Waals surface area contributed by atoms with E-state index in [1.807, 2.05) is 41.8 Å². The maximum atomic E-state index is 11.8. The van der Waals surface area contributed by atoms with Gasteiger partial charge in [-0.3, -0.25) is 14.7 Å². The standard InChI is InChI=1S/C20H19Cl2N5O2S/c1-12-3-8-15(11-16(12)22)27-18(13-4-6-14(21)7-5-13)25-26-20(27)30-10-9-17(28)24-19(29)23-2/h3-8,11H,9-10H2,1-2H3,(H2,23,24,28,29). The molecule has 156 valence electrons. The molecule has 0 bridgehead atoms. The Kier molecular flexibility index (Phi) is 7.36. The number of amides is 3. The Morgan fingerprint density at radius 2 is 1.83 bits per heavy atom. The van der Waals surface area contributed by atoms with E-state index in [2.05, 4.69) is 20.8 Å². The lowest BCUT2D eigenvalue weighted by Gasteiger charge is -2.12. The summed E-state index contributed by atoms with van der Waals surface area (Å²) < 4.78 is 1.88. The average molecular weight is 464 g/mol. The van der Waals surface area contributed by atoms with Gasteiger partial charge in [0.2, 0.25) is 5.91 Å². The molecule has 0 unspecified atom stereocenters. The van der Waals surface area contributed by atoms with Gasteiger partial charge in [-0.2, -0.15) is 0 Å². The number of halogens is 2. The van der Waals surface area contributed by atoms with Gasteiger partial charge in [0.15, 0.2) is 11.0 Å². The zero-order chi connectivity index (χ0) is 21.7. The summed E-state index contributed by atoms with van der Waals surface area (Å²) in [5.74, 6) is 0.675. The normalized spacial score (nSPS) is 10.7. The summed E-state index contributed by atoms with van der Waals surface area (Å²) in [5.41, 5.74) is 2.60. The predicted molar refractivity (Wildman–Crippen MR) is 119 cm³/mol. The molecule has 1 heterocycles. The SMILES string of the molecule is CNC(=O)NC(=O)CCSc1nnc(-c2ccc(Cl)cc2)n1-c1ccc(C)c(Cl)c1. The van der Waals surface area contributed by atoms with Crippen molar-refractivity contribution in [2.24, 2.45) is 0 Å². The van der Waals surface area contributed by atoms with Crippen LogP contribution in [0.15, 0.2) is 47.6 Å². The van der Waals surface area contributed by atoms with Crippen LogP contribution in [0.5, 0.6) is 0 Å². The Morgan fingerprint density at radius 1 is 1.10 bits per heavy atom. The van der Waals surface area contributed by atoms with Gasteiger partial charge in [0, 0.05) is 34.8 Å². The quantitative estimate of drug-likeness (QED) is 0.525. The molecule has 0 saturated carbocycles. The van der Waals surface area contributed by atoms with E-state index in [1.165, 1.54) is 18.8 Å². The lowest BCUT2D eigenvalue weighted by molar-refractivity contribution is -0.119. The molecule has 0 fully saturated rings. The summed E-state index contributed by atoms with van der Waals surface area (Å²) in [6.45, 7) is 1.93. The van der Waals surface area contributed by atoms with E-state index in [0.717, 1.165) is 16.8 Å². The molecule has 30 heavy (non-hydrogen) atoms. The molecule has 2 aromatic carbocycles. The fraction of sp³-hybridized carbons (Fsp3) is 0.200. The summed E-state index contributed by atoms with van der Waals surface area (Å²) >= 11 is 13.7. The second-order valence-corrected chi connectivity index (χ2v) is 8.21. The molecule has 0 aliphatic rings. The van der Waals surface area contributed by atoms with Gasteiger partial charge in [0.25, 0.3) is 0 Å². The number of aryl methyl sites for hydroxylation is 1. The fourth-order valence-electron chi connectivity index (χ4n) is 2.59. The maximum absolute atomic E-state index is 11.8. The molecule has 1 aromatic heterocycles. The number of nitrogens with one attached hydrogen (secondary N) is 2. The first kappa shape index (κ1) is 22.1. The van der Waals surface area contributed by atoms with Crippen molar-refractivity contribution in [2.75, 3.05) is 12.8 Å². The summed E-state index contributed by atoms with van der Waals surface area (Å²) in [6, 6.07) is 12.5. The Labute approximate surface area is 188 Å². The number of urea groups is 1. The summed E-state index contributed by atoms with van der Waals surface area (Å²) in [7, 11) is 1.45. The van der Waals surface area contributed by atoms with Gasteiger partial charge in [-0.1, -0.05) is 41.0 Å². The zero-order valence-electron chi connectivity index (χ0n) is 16.3. The summed E-state index contributed by atoms with van der Waals surface area (Å²) in [4.78, 5) is 23.1. The van der Waals surface area contributed by atoms with Crippen molar-refractivity contribution in [2.45, 2.75) is 18.5 Å². The van der Waals surface area contributed by atoms with Crippen molar-refractivity contribution in [3.8, 4) is 17.1 Å². The minimum atomic E-state index is -0.535. The van der Waals surface area contributed by atoms with Gasteiger partial charge in [0.05, 0.1) is 5.69 Å². The topological polar surface area (TPSA) is 88.9 Å². The van der Waals surface area contributed by atoms with Crippen molar-refractivity contribution in [1.29, 1.82) is 0 Å². The third-order valence-electron chi connectivity index (χ3n) is 4.19. The molecule has 3 rings (SSSR count). The molecule has 3 aromatic rings. The van der Waals surface area contributed by atoms with Crippen LogP contribution < -0.4 is 10.6 Å². The van der Waals surface area contributed by atoms with E-state index >= 15 is 0 Å². The van der Waals surface area contributed by atoms with Gasteiger partial charge in [0.1, 0.15) is 0 Å². The molecule has 0 spiro atoms. The number of hydrogen-bond donors (Lipinski definition) is 2. The van der Waals surface area contributed by atoms with Gasteiger partial charge in [-0.05, 0) is 48.9 Å². The maximum Gasteiger partial charge on any atom is 0.321 e. The van der Waals surface area contributed by atoms with Crippen LogP contribution in [0.1, 0.15) is 12.0 Å². The van der Waals surface area contributed by atoms with Crippen LogP contribution in [0.4, 0.5) is 4.79 Å². The molecule has 10 heteroatoms. The second kappa shape index (κ2) is 9.97. The fourth-order valence-corrected chi connectivity index (χ4v) is 3.78. The van der Waals surface area contributed by atoms with E-state index in [-0.39, 0.29) is 12.3 Å². The number of aromatic nitrogens is 3. The van der Waals surface area contributed by atoms with Gasteiger partial charge in [-0.15, -0.1) is 10.2 Å². The minimum absolute atomic E-state index is 0.149. The first-order valence-electron chi connectivity index (χ1n) is 9.01. The molecule has 0 saturated heterocycles. The molecule has 2 N–H and O–H groups in total. The largest absolute Gasteiger partial charge is 0.341 e. The number of carbonyl (C=O) groups is 2. The number of thioether (sulfide) groups is 1. The lowest BCUT2D eigenvalue weighted by Crippen LogP contribution is -2.37. The van der Waals surface area contributed by atoms with Crippen LogP contribution in [0.2, 0.25) is 10.0 Å². The van der Waals surface area contributed by atoms with E-state index in [9.17, 15) is 9.59 Å². The van der Waals surface area contributed by atoms with E-state index in [4.69, 9.17) is 23.2 Å². The zero-order valence-corrected chi connectivity index (χ0v) is 18.6. The summed E-state index contributed by atoms with van der Waals surface area (Å²) in [6.07, 6.45) is 0.149. The summed E-state index contributed by atoms with van der Waals surface area (Å²) in [5, 5.41) is 15.1. The minimum Gasteiger partial charge on any atom is -0.341 e. The Balaban J connectivity index is 1.89. The van der Waals surface area contributed by atoms with Gasteiger partial charge >= 0.3 is 6.03 Å². The number of carbonyl (C=O) groups excluding carboxylic acids is 2. The molecule has 3 amide bonds. The molecule has 0 aliphatic heterocycles. The van der Waals surface area contributed by atoms with E-state index in [1.54, 1.807) is 12.1 Å². The second-order valence-electron chi connectivity index (χ2n) is 6.31.